The van der Waals surface area contributed by atoms with E-state index in [1.54, 1.807) is 24.3 Å². The largest absolute Gasteiger partial charge is 0.508 e. The number of phenolic OH excluding ortho intramolecular Hbond substituents is 1. The molecule has 0 unspecified atom stereocenters. The fraction of sp³-hybridized carbons (Fsp3) is 0.389. The van der Waals surface area contributed by atoms with Crippen molar-refractivity contribution in [3.05, 3.63) is 53.1 Å². The van der Waals surface area contributed by atoms with Crippen molar-refractivity contribution >= 4 is 5.91 Å². The van der Waals surface area contributed by atoms with Crippen LogP contribution in [0.25, 0.3) is 0 Å². The number of aryl methyl sites for hydroxylation is 2. The van der Waals surface area contributed by atoms with Gasteiger partial charge in [-0.2, -0.15) is 0 Å². The van der Waals surface area contributed by atoms with Crippen LogP contribution in [-0.2, 0) is 19.3 Å². The molecular weight excluding hydrogens is 306 g/mol. The molecule has 0 bridgehead atoms. The van der Waals surface area contributed by atoms with Gasteiger partial charge in [0.15, 0.2) is 0 Å². The molecule has 0 saturated heterocycles. The van der Waals surface area contributed by atoms with Crippen LogP contribution in [-0.4, -0.2) is 38.7 Å². The molecule has 6 nitrogen and oxygen atoms in total. The van der Waals surface area contributed by atoms with Crippen LogP contribution in [0, 0.1) is 0 Å². The zero-order valence-corrected chi connectivity index (χ0v) is 14.0. The van der Waals surface area contributed by atoms with Crippen molar-refractivity contribution < 1.29 is 15.0 Å². The standard InChI is InChI=1S/C18H23N3O3/c1-3-15-17(16(4-2)20-11-19-15)18(24)21-13(10-22)9-12-5-7-14(23)8-6-12/h5-8,11,13,22-23H,3-4,9-10H2,1-2H3,(H,21,24)/t13-/m0/s1. The molecule has 1 amide bonds. The second kappa shape index (κ2) is 8.40. The molecule has 1 atom stereocenters. The molecule has 0 saturated carbocycles. The molecule has 24 heavy (non-hydrogen) atoms. The Labute approximate surface area is 141 Å². The Balaban J connectivity index is 2.16. The first-order chi connectivity index (χ1) is 11.6. The molecule has 0 radical (unpaired) electrons. The van der Waals surface area contributed by atoms with Gasteiger partial charge in [-0.1, -0.05) is 26.0 Å². The summed E-state index contributed by atoms with van der Waals surface area (Å²) in [5.41, 5.74) is 2.84. The summed E-state index contributed by atoms with van der Waals surface area (Å²) in [4.78, 5) is 21.1. The molecule has 0 aliphatic heterocycles. The minimum absolute atomic E-state index is 0.177. The molecule has 2 aromatic rings. The summed E-state index contributed by atoms with van der Waals surface area (Å²) >= 11 is 0. The van der Waals surface area contributed by atoms with E-state index in [0.717, 1.165) is 5.56 Å². The summed E-state index contributed by atoms with van der Waals surface area (Å²) in [6.45, 7) is 3.71. The Hall–Kier alpha value is -2.47. The van der Waals surface area contributed by atoms with Gasteiger partial charge < -0.3 is 15.5 Å². The smallest absolute Gasteiger partial charge is 0.255 e. The Morgan fingerprint density at radius 3 is 2.21 bits per heavy atom. The van der Waals surface area contributed by atoms with Crippen LogP contribution in [0.15, 0.2) is 30.6 Å². The first kappa shape index (κ1) is 17.9. The highest BCUT2D eigenvalue weighted by Gasteiger charge is 2.20. The first-order valence-corrected chi connectivity index (χ1v) is 8.11. The Kier molecular flexibility index (Phi) is 6.26. The summed E-state index contributed by atoms with van der Waals surface area (Å²) in [5, 5.41) is 21.8. The molecule has 0 fully saturated rings. The van der Waals surface area contributed by atoms with Crippen molar-refractivity contribution in [3.63, 3.8) is 0 Å². The lowest BCUT2D eigenvalue weighted by Crippen LogP contribution is -2.40. The maximum Gasteiger partial charge on any atom is 0.255 e. The summed E-state index contributed by atoms with van der Waals surface area (Å²) < 4.78 is 0. The molecule has 3 N–H and O–H groups in total. The van der Waals surface area contributed by atoms with E-state index in [9.17, 15) is 15.0 Å². The normalized spacial score (nSPS) is 12.0. The SMILES string of the molecule is CCc1ncnc(CC)c1C(=O)N[C@H](CO)Cc1ccc(O)cc1. The van der Waals surface area contributed by atoms with Crippen LogP contribution in [0.3, 0.4) is 0 Å². The number of aromatic hydroxyl groups is 1. The molecule has 0 spiro atoms. The van der Waals surface area contributed by atoms with Crippen molar-refractivity contribution in [2.75, 3.05) is 6.61 Å². The third kappa shape index (κ3) is 4.29. The highest BCUT2D eigenvalue weighted by atomic mass is 16.3. The number of nitrogens with zero attached hydrogens (tertiary/aromatic N) is 2. The Morgan fingerprint density at radius 2 is 1.71 bits per heavy atom. The van der Waals surface area contributed by atoms with Gasteiger partial charge in [0.25, 0.3) is 5.91 Å². The monoisotopic (exact) mass is 329 g/mol. The lowest BCUT2D eigenvalue weighted by atomic mass is 10.0. The van der Waals surface area contributed by atoms with E-state index < -0.39 is 6.04 Å². The molecule has 1 aromatic heterocycles. The number of carbonyl (C=O) groups is 1. The minimum Gasteiger partial charge on any atom is -0.508 e. The predicted molar refractivity (Wildman–Crippen MR) is 90.9 cm³/mol. The van der Waals surface area contributed by atoms with Gasteiger partial charge in [0.2, 0.25) is 0 Å². The maximum absolute atomic E-state index is 12.7. The Bertz CT molecular complexity index is 664. The molecule has 128 valence electrons. The molecule has 1 aromatic carbocycles. The number of aromatic nitrogens is 2. The third-order valence-electron chi connectivity index (χ3n) is 3.88. The van der Waals surface area contributed by atoms with Crippen molar-refractivity contribution in [2.24, 2.45) is 0 Å². The van der Waals surface area contributed by atoms with Gasteiger partial charge in [0, 0.05) is 0 Å². The Morgan fingerprint density at radius 1 is 1.12 bits per heavy atom. The number of benzene rings is 1. The number of hydrogen-bond donors (Lipinski definition) is 3. The highest BCUT2D eigenvalue weighted by Crippen LogP contribution is 2.14. The van der Waals surface area contributed by atoms with Crippen LogP contribution in [0.5, 0.6) is 5.75 Å². The van der Waals surface area contributed by atoms with Crippen molar-refractivity contribution in [2.45, 2.75) is 39.2 Å². The number of amides is 1. The van der Waals surface area contributed by atoms with Crippen LogP contribution < -0.4 is 5.32 Å². The number of phenols is 1. The topological polar surface area (TPSA) is 95.3 Å². The predicted octanol–water partition coefficient (Wildman–Crippen LogP) is 1.64. The van der Waals surface area contributed by atoms with E-state index in [-0.39, 0.29) is 18.3 Å². The quantitative estimate of drug-likeness (QED) is 0.718. The van der Waals surface area contributed by atoms with Gasteiger partial charge in [0.05, 0.1) is 29.6 Å². The number of aliphatic hydroxyl groups is 1. The molecule has 2 rings (SSSR count). The lowest BCUT2D eigenvalue weighted by Gasteiger charge is -2.18. The highest BCUT2D eigenvalue weighted by molar-refractivity contribution is 5.96. The number of rotatable bonds is 7. The number of carbonyl (C=O) groups excluding carboxylic acids is 1. The summed E-state index contributed by atoms with van der Waals surface area (Å²) in [6, 6.07) is 6.29. The van der Waals surface area contributed by atoms with Crippen molar-refractivity contribution in [3.8, 4) is 5.75 Å². The number of nitrogens with one attached hydrogen (secondary N) is 1. The zero-order valence-electron chi connectivity index (χ0n) is 14.0. The van der Waals surface area contributed by atoms with Gasteiger partial charge in [-0.3, -0.25) is 4.79 Å². The molecule has 6 heteroatoms. The fourth-order valence-electron chi connectivity index (χ4n) is 2.60. The first-order valence-electron chi connectivity index (χ1n) is 8.11. The summed E-state index contributed by atoms with van der Waals surface area (Å²) in [5.74, 6) is -0.0768. The van der Waals surface area contributed by atoms with Crippen molar-refractivity contribution in [1.29, 1.82) is 0 Å². The number of hydrogen-bond acceptors (Lipinski definition) is 5. The molecular formula is C18H23N3O3. The van der Waals surface area contributed by atoms with Crippen molar-refractivity contribution in [1.82, 2.24) is 15.3 Å². The van der Waals surface area contributed by atoms with Gasteiger partial charge in [0.1, 0.15) is 12.1 Å². The third-order valence-corrected chi connectivity index (χ3v) is 3.88. The van der Waals surface area contributed by atoms with E-state index in [4.69, 9.17) is 0 Å². The minimum atomic E-state index is -0.420. The zero-order chi connectivity index (χ0) is 17.5. The molecule has 0 aliphatic rings. The van der Waals surface area contributed by atoms with E-state index in [2.05, 4.69) is 15.3 Å². The van der Waals surface area contributed by atoms with E-state index in [0.29, 0.717) is 36.2 Å². The molecule has 0 aliphatic carbocycles. The summed E-state index contributed by atoms with van der Waals surface area (Å²) in [7, 11) is 0. The number of aliphatic hydroxyl groups excluding tert-OH is 1. The molecule has 1 heterocycles. The van der Waals surface area contributed by atoms with Gasteiger partial charge in [-0.25, -0.2) is 9.97 Å². The van der Waals surface area contributed by atoms with Gasteiger partial charge in [-0.15, -0.1) is 0 Å². The second-order valence-electron chi connectivity index (χ2n) is 5.57. The maximum atomic E-state index is 12.7. The lowest BCUT2D eigenvalue weighted by molar-refractivity contribution is 0.0913. The second-order valence-corrected chi connectivity index (χ2v) is 5.57. The fourth-order valence-corrected chi connectivity index (χ4v) is 2.60. The van der Waals surface area contributed by atoms with Crippen LogP contribution in [0.1, 0.15) is 41.2 Å². The average Bonchev–Trinajstić information content (AvgIpc) is 2.61. The van der Waals surface area contributed by atoms with Crippen LogP contribution >= 0.6 is 0 Å². The van der Waals surface area contributed by atoms with E-state index >= 15 is 0 Å². The van der Waals surface area contributed by atoms with Crippen LogP contribution in [0.2, 0.25) is 0 Å². The van der Waals surface area contributed by atoms with Gasteiger partial charge >= 0.3 is 0 Å². The van der Waals surface area contributed by atoms with E-state index in [1.807, 2.05) is 13.8 Å². The summed E-state index contributed by atoms with van der Waals surface area (Å²) in [6.07, 6.45) is 3.23. The average molecular weight is 329 g/mol. The van der Waals surface area contributed by atoms with E-state index in [1.165, 1.54) is 6.33 Å². The van der Waals surface area contributed by atoms with Gasteiger partial charge in [-0.05, 0) is 37.0 Å². The van der Waals surface area contributed by atoms with Crippen LogP contribution in [0.4, 0.5) is 0 Å².